The molecule has 0 bridgehead atoms. The third-order valence-electron chi connectivity index (χ3n) is 5.12. The van der Waals surface area contributed by atoms with E-state index in [0.717, 1.165) is 29.5 Å². The van der Waals surface area contributed by atoms with Gasteiger partial charge in [0.15, 0.2) is 0 Å². The molecule has 7 heteroatoms. The monoisotopic (exact) mass is 420 g/mol. The number of carbonyl (C=O) groups excluding carboxylic acids is 1. The summed E-state index contributed by atoms with van der Waals surface area (Å²) in [6.07, 6.45) is 1.71. The molecule has 1 saturated heterocycles. The molecule has 2 aromatic carbocycles. The van der Waals surface area contributed by atoms with Gasteiger partial charge >= 0.3 is 0 Å². The van der Waals surface area contributed by atoms with E-state index in [9.17, 15) is 13.2 Å². The molecule has 5 nitrogen and oxygen atoms in total. The second-order valence-electron chi connectivity index (χ2n) is 7.31. The molecule has 0 radical (unpaired) electrons. The minimum atomic E-state index is -3.61. The molecule has 1 heterocycles. The Labute approximate surface area is 171 Å². The van der Waals surface area contributed by atoms with Crippen LogP contribution in [0.2, 0.25) is 5.02 Å². The summed E-state index contributed by atoms with van der Waals surface area (Å²) in [4.78, 5) is 12.9. The first-order chi connectivity index (χ1) is 13.2. The highest BCUT2D eigenvalue weighted by molar-refractivity contribution is 7.89. The summed E-state index contributed by atoms with van der Waals surface area (Å²) in [5, 5.41) is 3.16. The first kappa shape index (κ1) is 20.8. The highest BCUT2D eigenvalue weighted by Crippen LogP contribution is 2.26. The molecule has 150 valence electrons. The molecule has 1 aliphatic heterocycles. The number of hydrogen-bond acceptors (Lipinski definition) is 3. The molecule has 1 fully saturated rings. The van der Waals surface area contributed by atoms with Crippen molar-refractivity contribution in [2.75, 3.05) is 13.1 Å². The first-order valence-corrected chi connectivity index (χ1v) is 11.2. The van der Waals surface area contributed by atoms with Gasteiger partial charge in [0, 0.05) is 13.1 Å². The van der Waals surface area contributed by atoms with Gasteiger partial charge in [0.05, 0.1) is 21.5 Å². The maximum absolute atomic E-state index is 12.8. The molecular weight excluding hydrogens is 396 g/mol. The Kier molecular flexibility index (Phi) is 6.12. The molecule has 0 aliphatic carbocycles. The summed E-state index contributed by atoms with van der Waals surface area (Å²) in [6, 6.07) is 10.1. The van der Waals surface area contributed by atoms with Crippen LogP contribution in [0, 0.1) is 13.8 Å². The summed E-state index contributed by atoms with van der Waals surface area (Å²) in [7, 11) is -3.61. The Morgan fingerprint density at radius 2 is 1.79 bits per heavy atom. The number of nitrogens with one attached hydrogen (secondary N) is 1. The van der Waals surface area contributed by atoms with Crippen LogP contribution < -0.4 is 5.32 Å². The average Bonchev–Trinajstić information content (AvgIpc) is 3.17. The van der Waals surface area contributed by atoms with Gasteiger partial charge in [0.1, 0.15) is 0 Å². The standard InChI is InChI=1S/C21H25ClN2O3S/c1-14-6-8-18(15(2)12-14)16(3)23-21(25)19-13-17(7-9-20(19)22)28(26,27)24-10-4-5-11-24/h6-9,12-13,16H,4-5,10-11H2,1-3H3,(H,23,25). The smallest absolute Gasteiger partial charge is 0.253 e. The number of amides is 1. The molecule has 1 amide bonds. The number of carbonyl (C=O) groups is 1. The summed E-state index contributed by atoms with van der Waals surface area (Å²) in [6.45, 7) is 6.94. The molecule has 0 saturated carbocycles. The van der Waals surface area contributed by atoms with Crippen molar-refractivity contribution in [3.05, 3.63) is 63.7 Å². The van der Waals surface area contributed by atoms with Crippen molar-refractivity contribution >= 4 is 27.5 Å². The summed E-state index contributed by atoms with van der Waals surface area (Å²) < 4.78 is 27.0. The number of benzene rings is 2. The third-order valence-corrected chi connectivity index (χ3v) is 7.35. The van der Waals surface area contributed by atoms with Crippen LogP contribution >= 0.6 is 11.6 Å². The van der Waals surface area contributed by atoms with Crippen LogP contribution in [0.1, 0.15) is 52.9 Å². The van der Waals surface area contributed by atoms with E-state index in [-0.39, 0.29) is 21.5 Å². The lowest BCUT2D eigenvalue weighted by molar-refractivity contribution is 0.0939. The molecule has 1 atom stereocenters. The van der Waals surface area contributed by atoms with Gasteiger partial charge in [-0.2, -0.15) is 4.31 Å². The van der Waals surface area contributed by atoms with Gasteiger partial charge in [-0.25, -0.2) is 8.42 Å². The number of nitrogens with zero attached hydrogens (tertiary/aromatic N) is 1. The largest absolute Gasteiger partial charge is 0.345 e. The van der Waals surface area contributed by atoms with Crippen LogP contribution in [-0.4, -0.2) is 31.7 Å². The Morgan fingerprint density at radius 3 is 2.43 bits per heavy atom. The molecule has 1 N–H and O–H groups in total. The van der Waals surface area contributed by atoms with E-state index in [1.807, 2.05) is 32.9 Å². The predicted octanol–water partition coefficient (Wildman–Crippen LogP) is 4.23. The van der Waals surface area contributed by atoms with Gasteiger partial charge in [0.2, 0.25) is 10.0 Å². The number of hydrogen-bond donors (Lipinski definition) is 1. The van der Waals surface area contributed by atoms with Gasteiger partial charge < -0.3 is 5.32 Å². The van der Waals surface area contributed by atoms with Crippen molar-refractivity contribution < 1.29 is 13.2 Å². The normalized spacial score (nSPS) is 16.1. The van der Waals surface area contributed by atoms with Crippen molar-refractivity contribution in [1.29, 1.82) is 0 Å². The van der Waals surface area contributed by atoms with Crippen LogP contribution in [0.5, 0.6) is 0 Å². The first-order valence-electron chi connectivity index (χ1n) is 9.38. The lowest BCUT2D eigenvalue weighted by Gasteiger charge is -2.19. The van der Waals surface area contributed by atoms with E-state index in [1.165, 1.54) is 22.5 Å². The van der Waals surface area contributed by atoms with Crippen molar-refractivity contribution in [3.8, 4) is 0 Å². The molecule has 1 aliphatic rings. The SMILES string of the molecule is Cc1ccc(C(C)NC(=O)c2cc(S(=O)(=O)N3CCCC3)ccc2Cl)c(C)c1. The highest BCUT2D eigenvalue weighted by Gasteiger charge is 2.28. The van der Waals surface area contributed by atoms with Gasteiger partial charge in [-0.3, -0.25) is 4.79 Å². The summed E-state index contributed by atoms with van der Waals surface area (Å²) in [5.41, 5.74) is 3.42. The molecule has 1 unspecified atom stereocenters. The topological polar surface area (TPSA) is 66.5 Å². The van der Waals surface area contributed by atoms with Gasteiger partial charge in [-0.1, -0.05) is 35.4 Å². The fraction of sp³-hybridized carbons (Fsp3) is 0.381. The molecule has 0 aromatic heterocycles. The van der Waals surface area contributed by atoms with Crippen molar-refractivity contribution in [1.82, 2.24) is 9.62 Å². The molecule has 0 spiro atoms. The lowest BCUT2D eigenvalue weighted by Crippen LogP contribution is -2.29. The molecule has 2 aromatic rings. The van der Waals surface area contributed by atoms with E-state index in [1.54, 1.807) is 0 Å². The minimum absolute atomic E-state index is 0.100. The van der Waals surface area contributed by atoms with E-state index in [4.69, 9.17) is 11.6 Å². The maximum atomic E-state index is 12.8. The van der Waals surface area contributed by atoms with Crippen LogP contribution in [0.4, 0.5) is 0 Å². The van der Waals surface area contributed by atoms with Crippen molar-refractivity contribution in [2.24, 2.45) is 0 Å². The zero-order chi connectivity index (χ0) is 20.5. The number of halogens is 1. The van der Waals surface area contributed by atoms with E-state index in [0.29, 0.717) is 13.1 Å². The maximum Gasteiger partial charge on any atom is 0.253 e. The predicted molar refractivity (Wildman–Crippen MR) is 111 cm³/mol. The van der Waals surface area contributed by atoms with Crippen molar-refractivity contribution in [3.63, 3.8) is 0 Å². The van der Waals surface area contributed by atoms with Crippen LogP contribution in [-0.2, 0) is 10.0 Å². The van der Waals surface area contributed by atoms with Gasteiger partial charge in [-0.05, 0) is 62.9 Å². The number of aryl methyl sites for hydroxylation is 2. The zero-order valence-corrected chi connectivity index (χ0v) is 17.9. The zero-order valence-electron chi connectivity index (χ0n) is 16.3. The Morgan fingerprint density at radius 1 is 1.11 bits per heavy atom. The van der Waals surface area contributed by atoms with Gasteiger partial charge in [-0.15, -0.1) is 0 Å². The number of sulfonamides is 1. The summed E-state index contributed by atoms with van der Waals surface area (Å²) in [5.74, 6) is -0.393. The van der Waals surface area contributed by atoms with Crippen LogP contribution in [0.3, 0.4) is 0 Å². The molecule has 3 rings (SSSR count). The average molecular weight is 421 g/mol. The minimum Gasteiger partial charge on any atom is -0.345 e. The molecule has 28 heavy (non-hydrogen) atoms. The third kappa shape index (κ3) is 4.24. The van der Waals surface area contributed by atoms with E-state index >= 15 is 0 Å². The Balaban J connectivity index is 1.85. The van der Waals surface area contributed by atoms with Crippen molar-refractivity contribution in [2.45, 2.75) is 44.6 Å². The second kappa shape index (κ2) is 8.23. The molecular formula is C21H25ClN2O3S. The Bertz CT molecular complexity index is 999. The van der Waals surface area contributed by atoms with E-state index in [2.05, 4.69) is 11.4 Å². The van der Waals surface area contributed by atoms with Crippen LogP contribution in [0.25, 0.3) is 0 Å². The van der Waals surface area contributed by atoms with Gasteiger partial charge in [0.25, 0.3) is 5.91 Å². The fourth-order valence-electron chi connectivity index (χ4n) is 3.58. The fourth-order valence-corrected chi connectivity index (χ4v) is 5.33. The lowest BCUT2D eigenvalue weighted by atomic mass is 10.00. The van der Waals surface area contributed by atoms with Crippen LogP contribution in [0.15, 0.2) is 41.3 Å². The number of rotatable bonds is 5. The summed E-state index contributed by atoms with van der Waals surface area (Å²) >= 11 is 6.21. The quantitative estimate of drug-likeness (QED) is 0.786. The second-order valence-corrected chi connectivity index (χ2v) is 9.65. The van der Waals surface area contributed by atoms with E-state index < -0.39 is 15.9 Å². The Hall–Kier alpha value is -1.89. The highest BCUT2D eigenvalue weighted by atomic mass is 35.5.